The monoisotopic (exact) mass is 260 g/mol. The Balaban J connectivity index is 1.83. The summed E-state index contributed by atoms with van der Waals surface area (Å²) in [6.45, 7) is 10.3. The molecular formula is C17H28N2. The van der Waals surface area contributed by atoms with Gasteiger partial charge in [0.2, 0.25) is 0 Å². The molecule has 1 aliphatic heterocycles. The second kappa shape index (κ2) is 7.06. The molecule has 1 aliphatic rings. The Hall–Kier alpha value is -0.860. The normalized spacial score (nSPS) is 18.9. The van der Waals surface area contributed by atoms with Crippen LogP contribution in [-0.2, 0) is 13.0 Å². The summed E-state index contributed by atoms with van der Waals surface area (Å²) in [5, 5.41) is 3.66. The Morgan fingerprint density at radius 2 is 1.95 bits per heavy atom. The number of benzene rings is 1. The smallest absolute Gasteiger partial charge is 0.0239 e. The van der Waals surface area contributed by atoms with E-state index in [0.717, 1.165) is 13.1 Å². The number of fused-ring (bicyclic) bond motifs is 1. The van der Waals surface area contributed by atoms with Crippen molar-refractivity contribution in [1.82, 2.24) is 10.2 Å². The van der Waals surface area contributed by atoms with E-state index in [0.29, 0.717) is 12.1 Å². The van der Waals surface area contributed by atoms with Crippen LogP contribution in [0.4, 0.5) is 0 Å². The lowest BCUT2D eigenvalue weighted by Gasteiger charge is -2.34. The predicted octanol–water partition coefficient (Wildman–Crippen LogP) is 3.21. The molecule has 1 heterocycles. The van der Waals surface area contributed by atoms with Crippen molar-refractivity contribution in [3.63, 3.8) is 0 Å². The minimum atomic E-state index is 0.618. The van der Waals surface area contributed by atoms with E-state index in [2.05, 4.69) is 55.3 Å². The van der Waals surface area contributed by atoms with Crippen molar-refractivity contribution in [2.45, 2.75) is 58.7 Å². The van der Waals surface area contributed by atoms with Gasteiger partial charge in [-0.15, -0.1) is 0 Å². The second-order valence-electron chi connectivity index (χ2n) is 5.94. The Morgan fingerprint density at radius 1 is 1.21 bits per heavy atom. The molecule has 1 aromatic rings. The lowest BCUT2D eigenvalue weighted by molar-refractivity contribution is 0.183. The van der Waals surface area contributed by atoms with Gasteiger partial charge in [0.15, 0.2) is 0 Å². The van der Waals surface area contributed by atoms with Crippen LogP contribution in [0.3, 0.4) is 0 Å². The van der Waals surface area contributed by atoms with Crippen molar-refractivity contribution in [3.05, 3.63) is 35.4 Å². The lowest BCUT2D eigenvalue weighted by Crippen LogP contribution is -2.44. The number of hydrogen-bond acceptors (Lipinski definition) is 2. The third kappa shape index (κ3) is 4.05. The van der Waals surface area contributed by atoms with Gasteiger partial charge < -0.3 is 5.32 Å². The molecule has 0 fully saturated rings. The van der Waals surface area contributed by atoms with Gasteiger partial charge in [-0.05, 0) is 37.8 Å². The quantitative estimate of drug-likeness (QED) is 0.845. The molecule has 2 nitrogen and oxygen atoms in total. The van der Waals surface area contributed by atoms with Crippen molar-refractivity contribution in [1.29, 1.82) is 0 Å². The first-order valence-electron chi connectivity index (χ1n) is 7.75. The van der Waals surface area contributed by atoms with Gasteiger partial charge in [-0.1, -0.05) is 37.6 Å². The highest BCUT2D eigenvalue weighted by atomic mass is 15.2. The van der Waals surface area contributed by atoms with Crippen molar-refractivity contribution < 1.29 is 0 Å². The molecule has 0 aliphatic carbocycles. The summed E-state index contributed by atoms with van der Waals surface area (Å²) in [5.41, 5.74) is 3.06. The summed E-state index contributed by atoms with van der Waals surface area (Å²) in [6, 6.07) is 10.1. The summed E-state index contributed by atoms with van der Waals surface area (Å²) >= 11 is 0. The third-order valence-electron chi connectivity index (χ3n) is 4.27. The number of rotatable bonds is 6. The van der Waals surface area contributed by atoms with Gasteiger partial charge in [0.05, 0.1) is 0 Å². The van der Waals surface area contributed by atoms with E-state index in [9.17, 15) is 0 Å². The SMILES string of the molecule is CCCC(C)NCC(C)N1CCc2ccccc2C1. The summed E-state index contributed by atoms with van der Waals surface area (Å²) < 4.78 is 0. The minimum Gasteiger partial charge on any atom is -0.313 e. The van der Waals surface area contributed by atoms with Crippen LogP contribution < -0.4 is 5.32 Å². The zero-order valence-corrected chi connectivity index (χ0v) is 12.7. The lowest BCUT2D eigenvalue weighted by atomic mass is 9.99. The maximum atomic E-state index is 3.66. The molecule has 19 heavy (non-hydrogen) atoms. The maximum absolute atomic E-state index is 3.66. The van der Waals surface area contributed by atoms with Crippen molar-refractivity contribution in [3.8, 4) is 0 Å². The molecular weight excluding hydrogens is 232 g/mol. The number of hydrogen-bond donors (Lipinski definition) is 1. The summed E-state index contributed by atoms with van der Waals surface area (Å²) in [4.78, 5) is 2.61. The Kier molecular flexibility index (Phi) is 5.41. The van der Waals surface area contributed by atoms with E-state index >= 15 is 0 Å². The zero-order valence-electron chi connectivity index (χ0n) is 12.7. The first kappa shape index (κ1) is 14.5. The highest BCUT2D eigenvalue weighted by Crippen LogP contribution is 2.19. The highest BCUT2D eigenvalue weighted by Gasteiger charge is 2.20. The largest absolute Gasteiger partial charge is 0.313 e. The van der Waals surface area contributed by atoms with E-state index in [4.69, 9.17) is 0 Å². The van der Waals surface area contributed by atoms with Crippen molar-refractivity contribution >= 4 is 0 Å². The van der Waals surface area contributed by atoms with Gasteiger partial charge >= 0.3 is 0 Å². The van der Waals surface area contributed by atoms with E-state index in [-0.39, 0.29) is 0 Å². The molecule has 2 atom stereocenters. The van der Waals surface area contributed by atoms with E-state index in [1.165, 1.54) is 31.4 Å². The van der Waals surface area contributed by atoms with Gasteiger partial charge in [-0.3, -0.25) is 4.90 Å². The summed E-state index contributed by atoms with van der Waals surface area (Å²) in [5.74, 6) is 0. The minimum absolute atomic E-state index is 0.618. The predicted molar refractivity (Wildman–Crippen MR) is 82.4 cm³/mol. The zero-order chi connectivity index (χ0) is 13.7. The second-order valence-corrected chi connectivity index (χ2v) is 5.94. The van der Waals surface area contributed by atoms with Gasteiger partial charge in [-0.2, -0.15) is 0 Å². The van der Waals surface area contributed by atoms with Crippen LogP contribution in [0.15, 0.2) is 24.3 Å². The number of nitrogens with zero attached hydrogens (tertiary/aromatic N) is 1. The average Bonchev–Trinajstić information content (AvgIpc) is 2.44. The molecule has 2 rings (SSSR count). The molecule has 0 aromatic heterocycles. The molecule has 0 saturated heterocycles. The molecule has 0 bridgehead atoms. The molecule has 0 spiro atoms. The summed E-state index contributed by atoms with van der Waals surface area (Å²) in [7, 11) is 0. The molecule has 1 N–H and O–H groups in total. The standard InChI is InChI=1S/C17H28N2/c1-4-7-14(2)18-12-15(3)19-11-10-16-8-5-6-9-17(16)13-19/h5-6,8-9,14-15,18H,4,7,10-13H2,1-3H3. The number of nitrogens with one attached hydrogen (secondary N) is 1. The van der Waals surface area contributed by atoms with Crippen LogP contribution >= 0.6 is 0 Å². The van der Waals surface area contributed by atoms with Gasteiger partial charge in [-0.25, -0.2) is 0 Å². The fourth-order valence-electron chi connectivity index (χ4n) is 2.93. The van der Waals surface area contributed by atoms with Crippen molar-refractivity contribution in [2.75, 3.05) is 13.1 Å². The molecule has 106 valence electrons. The molecule has 0 amide bonds. The maximum Gasteiger partial charge on any atom is 0.0239 e. The first-order valence-corrected chi connectivity index (χ1v) is 7.75. The third-order valence-corrected chi connectivity index (χ3v) is 4.27. The molecule has 0 radical (unpaired) electrons. The fourth-order valence-corrected chi connectivity index (χ4v) is 2.93. The van der Waals surface area contributed by atoms with Crippen LogP contribution in [0.25, 0.3) is 0 Å². The average molecular weight is 260 g/mol. The van der Waals surface area contributed by atoms with Crippen LogP contribution in [0.1, 0.15) is 44.7 Å². The Morgan fingerprint density at radius 3 is 2.68 bits per heavy atom. The first-order chi connectivity index (χ1) is 9.20. The van der Waals surface area contributed by atoms with Crippen LogP contribution in [0.2, 0.25) is 0 Å². The van der Waals surface area contributed by atoms with Crippen LogP contribution in [0, 0.1) is 0 Å². The Labute approximate surface area is 118 Å². The van der Waals surface area contributed by atoms with Gasteiger partial charge in [0, 0.05) is 31.7 Å². The van der Waals surface area contributed by atoms with Crippen LogP contribution in [-0.4, -0.2) is 30.1 Å². The van der Waals surface area contributed by atoms with E-state index < -0.39 is 0 Å². The van der Waals surface area contributed by atoms with Gasteiger partial charge in [0.1, 0.15) is 0 Å². The summed E-state index contributed by atoms with van der Waals surface area (Å²) in [6.07, 6.45) is 3.74. The van der Waals surface area contributed by atoms with E-state index in [1.54, 1.807) is 5.56 Å². The Bertz CT molecular complexity index is 389. The topological polar surface area (TPSA) is 15.3 Å². The van der Waals surface area contributed by atoms with Crippen molar-refractivity contribution in [2.24, 2.45) is 0 Å². The highest BCUT2D eigenvalue weighted by molar-refractivity contribution is 5.29. The van der Waals surface area contributed by atoms with Gasteiger partial charge in [0.25, 0.3) is 0 Å². The molecule has 0 saturated carbocycles. The fraction of sp³-hybridized carbons (Fsp3) is 0.647. The molecule has 2 heteroatoms. The molecule has 1 aromatic carbocycles. The molecule has 2 unspecified atom stereocenters. The van der Waals surface area contributed by atoms with Crippen LogP contribution in [0.5, 0.6) is 0 Å². The van der Waals surface area contributed by atoms with E-state index in [1.807, 2.05) is 0 Å².